The predicted molar refractivity (Wildman–Crippen MR) is 56.3 cm³/mol. The summed E-state index contributed by atoms with van der Waals surface area (Å²) in [6, 6.07) is 3.59. The minimum absolute atomic E-state index is 0.652. The number of hydrogen-bond donors (Lipinski definition) is 2. The number of benzene rings is 1. The standard InChI is InChI=1S/C8H10BrClN2/c1-12-4-6-7(9)2-5(10)3-8(6)11/h2-3,12H,4,11H2,1H3. The zero-order valence-electron chi connectivity index (χ0n) is 6.70. The van der Waals surface area contributed by atoms with E-state index in [1.165, 1.54) is 0 Å². The minimum atomic E-state index is 0.652. The molecule has 1 aromatic rings. The first-order chi connectivity index (χ1) is 5.65. The van der Waals surface area contributed by atoms with Gasteiger partial charge in [-0.05, 0) is 19.2 Å². The highest BCUT2D eigenvalue weighted by Crippen LogP contribution is 2.27. The van der Waals surface area contributed by atoms with Crippen LogP contribution in [0.25, 0.3) is 0 Å². The highest BCUT2D eigenvalue weighted by atomic mass is 79.9. The molecular formula is C8H10BrClN2. The molecule has 0 spiro atoms. The lowest BCUT2D eigenvalue weighted by Gasteiger charge is -2.07. The number of nitrogens with one attached hydrogen (secondary N) is 1. The molecule has 12 heavy (non-hydrogen) atoms. The summed E-state index contributed by atoms with van der Waals surface area (Å²) in [6.07, 6.45) is 0. The largest absolute Gasteiger partial charge is 0.398 e. The molecule has 3 N–H and O–H groups in total. The SMILES string of the molecule is CNCc1c(N)cc(Cl)cc1Br. The fourth-order valence-electron chi connectivity index (χ4n) is 0.987. The van der Waals surface area contributed by atoms with E-state index in [4.69, 9.17) is 17.3 Å². The average Bonchev–Trinajstić information content (AvgIpc) is 1.96. The molecule has 0 radical (unpaired) electrons. The van der Waals surface area contributed by atoms with Crippen LogP contribution in [0.3, 0.4) is 0 Å². The van der Waals surface area contributed by atoms with Gasteiger partial charge in [0.1, 0.15) is 0 Å². The number of hydrogen-bond acceptors (Lipinski definition) is 2. The van der Waals surface area contributed by atoms with Crippen LogP contribution in [0.4, 0.5) is 5.69 Å². The molecule has 1 rings (SSSR count). The van der Waals surface area contributed by atoms with Gasteiger partial charge in [0.05, 0.1) is 0 Å². The van der Waals surface area contributed by atoms with Gasteiger partial charge >= 0.3 is 0 Å². The Morgan fingerprint density at radius 2 is 2.25 bits per heavy atom. The summed E-state index contributed by atoms with van der Waals surface area (Å²) >= 11 is 9.19. The Labute approximate surface area is 85.2 Å². The molecule has 0 atom stereocenters. The summed E-state index contributed by atoms with van der Waals surface area (Å²) < 4.78 is 0.946. The molecule has 0 fully saturated rings. The maximum absolute atomic E-state index is 5.79. The highest BCUT2D eigenvalue weighted by molar-refractivity contribution is 9.10. The summed E-state index contributed by atoms with van der Waals surface area (Å²) in [4.78, 5) is 0. The second kappa shape index (κ2) is 4.12. The topological polar surface area (TPSA) is 38.0 Å². The molecule has 0 unspecified atom stereocenters. The van der Waals surface area contributed by atoms with E-state index in [9.17, 15) is 0 Å². The minimum Gasteiger partial charge on any atom is -0.398 e. The Balaban J connectivity index is 3.10. The van der Waals surface area contributed by atoms with E-state index in [0.717, 1.165) is 16.6 Å². The first-order valence-corrected chi connectivity index (χ1v) is 4.70. The third-order valence-electron chi connectivity index (χ3n) is 1.55. The number of halogens is 2. The van der Waals surface area contributed by atoms with E-state index < -0.39 is 0 Å². The van der Waals surface area contributed by atoms with Crippen LogP contribution in [0, 0.1) is 0 Å². The Hall–Kier alpha value is -0.250. The van der Waals surface area contributed by atoms with Crippen molar-refractivity contribution in [2.45, 2.75) is 6.54 Å². The van der Waals surface area contributed by atoms with Gasteiger partial charge in [0.15, 0.2) is 0 Å². The molecule has 1 aromatic carbocycles. The second-order valence-corrected chi connectivity index (χ2v) is 3.78. The molecule has 2 nitrogen and oxygen atoms in total. The van der Waals surface area contributed by atoms with Crippen LogP contribution in [0.1, 0.15) is 5.56 Å². The molecule has 0 saturated heterocycles. The lowest BCUT2D eigenvalue weighted by atomic mass is 10.2. The van der Waals surface area contributed by atoms with Gasteiger partial charge in [0, 0.05) is 27.3 Å². The van der Waals surface area contributed by atoms with Crippen molar-refractivity contribution in [1.82, 2.24) is 5.32 Å². The maximum Gasteiger partial charge on any atom is 0.0437 e. The molecule has 0 saturated carbocycles. The van der Waals surface area contributed by atoms with Crippen molar-refractivity contribution < 1.29 is 0 Å². The van der Waals surface area contributed by atoms with E-state index in [1.54, 1.807) is 6.07 Å². The Morgan fingerprint density at radius 3 is 2.75 bits per heavy atom. The molecule has 4 heteroatoms. The average molecular weight is 250 g/mol. The van der Waals surface area contributed by atoms with Gasteiger partial charge in [0.25, 0.3) is 0 Å². The maximum atomic E-state index is 5.79. The van der Waals surface area contributed by atoms with Crippen LogP contribution in [-0.2, 0) is 6.54 Å². The van der Waals surface area contributed by atoms with E-state index in [2.05, 4.69) is 21.2 Å². The molecule has 0 amide bonds. The summed E-state index contributed by atoms with van der Waals surface area (Å²) in [5, 5.41) is 3.68. The molecule has 0 aromatic heterocycles. The first-order valence-electron chi connectivity index (χ1n) is 3.53. The van der Waals surface area contributed by atoms with E-state index in [-0.39, 0.29) is 0 Å². The quantitative estimate of drug-likeness (QED) is 0.790. The van der Waals surface area contributed by atoms with Crippen LogP contribution in [-0.4, -0.2) is 7.05 Å². The normalized spacial score (nSPS) is 10.2. The van der Waals surface area contributed by atoms with E-state index in [1.807, 2.05) is 13.1 Å². The Kier molecular flexibility index (Phi) is 3.38. The smallest absolute Gasteiger partial charge is 0.0437 e. The van der Waals surface area contributed by atoms with Gasteiger partial charge in [-0.25, -0.2) is 0 Å². The molecule has 0 heterocycles. The lowest BCUT2D eigenvalue weighted by molar-refractivity contribution is 0.816. The van der Waals surface area contributed by atoms with Gasteiger partial charge in [-0.2, -0.15) is 0 Å². The van der Waals surface area contributed by atoms with Gasteiger partial charge in [0.2, 0.25) is 0 Å². The zero-order chi connectivity index (χ0) is 9.14. The fraction of sp³-hybridized carbons (Fsp3) is 0.250. The Morgan fingerprint density at radius 1 is 1.58 bits per heavy atom. The van der Waals surface area contributed by atoms with Crippen LogP contribution < -0.4 is 11.1 Å². The summed E-state index contributed by atoms with van der Waals surface area (Å²) in [5.74, 6) is 0. The van der Waals surface area contributed by atoms with Crippen LogP contribution in [0.2, 0.25) is 5.02 Å². The van der Waals surface area contributed by atoms with Crippen molar-refractivity contribution in [2.24, 2.45) is 0 Å². The molecule has 0 bridgehead atoms. The lowest BCUT2D eigenvalue weighted by Crippen LogP contribution is -2.08. The second-order valence-electron chi connectivity index (χ2n) is 2.49. The molecular weight excluding hydrogens is 239 g/mol. The van der Waals surface area contributed by atoms with Crippen molar-refractivity contribution in [3.8, 4) is 0 Å². The van der Waals surface area contributed by atoms with Gasteiger partial charge in [-0.1, -0.05) is 27.5 Å². The highest BCUT2D eigenvalue weighted by Gasteiger charge is 2.04. The Bertz CT molecular complexity index is 265. The van der Waals surface area contributed by atoms with Crippen LogP contribution in [0.5, 0.6) is 0 Å². The third-order valence-corrected chi connectivity index (χ3v) is 2.47. The van der Waals surface area contributed by atoms with Crippen LogP contribution in [0.15, 0.2) is 16.6 Å². The first kappa shape index (κ1) is 9.84. The third kappa shape index (κ3) is 2.12. The van der Waals surface area contributed by atoms with Crippen LogP contribution >= 0.6 is 27.5 Å². The number of nitrogens with two attached hydrogens (primary N) is 1. The predicted octanol–water partition coefficient (Wildman–Crippen LogP) is 2.40. The van der Waals surface area contributed by atoms with Gasteiger partial charge in [-0.3, -0.25) is 0 Å². The number of nitrogen functional groups attached to an aromatic ring is 1. The van der Waals surface area contributed by atoms with Gasteiger partial charge in [-0.15, -0.1) is 0 Å². The summed E-state index contributed by atoms with van der Waals surface area (Å²) in [5.41, 5.74) is 7.51. The van der Waals surface area contributed by atoms with E-state index in [0.29, 0.717) is 10.7 Å². The monoisotopic (exact) mass is 248 g/mol. The summed E-state index contributed by atoms with van der Waals surface area (Å²) in [7, 11) is 1.88. The number of rotatable bonds is 2. The van der Waals surface area contributed by atoms with Crippen molar-refractivity contribution in [3.05, 3.63) is 27.2 Å². The molecule has 0 aliphatic carbocycles. The molecule has 66 valence electrons. The van der Waals surface area contributed by atoms with Crippen molar-refractivity contribution in [1.29, 1.82) is 0 Å². The van der Waals surface area contributed by atoms with Crippen molar-refractivity contribution >= 4 is 33.2 Å². The van der Waals surface area contributed by atoms with Crippen molar-refractivity contribution in [2.75, 3.05) is 12.8 Å². The zero-order valence-corrected chi connectivity index (χ0v) is 9.04. The summed E-state index contributed by atoms with van der Waals surface area (Å²) in [6.45, 7) is 0.740. The number of anilines is 1. The van der Waals surface area contributed by atoms with Crippen molar-refractivity contribution in [3.63, 3.8) is 0 Å². The molecule has 0 aliphatic heterocycles. The molecule has 0 aliphatic rings. The van der Waals surface area contributed by atoms with E-state index >= 15 is 0 Å². The van der Waals surface area contributed by atoms with Gasteiger partial charge < -0.3 is 11.1 Å². The fourth-order valence-corrected chi connectivity index (χ4v) is 1.96.